The van der Waals surface area contributed by atoms with Crippen LogP contribution >= 0.6 is 0 Å². The van der Waals surface area contributed by atoms with Crippen molar-refractivity contribution in [1.29, 1.82) is 0 Å². The highest BCUT2D eigenvalue weighted by molar-refractivity contribution is 4.61. The van der Waals surface area contributed by atoms with E-state index in [0.29, 0.717) is 0 Å². The molecule has 0 saturated carbocycles. The van der Waals surface area contributed by atoms with E-state index in [9.17, 15) is 0 Å². The molecule has 0 nitrogen and oxygen atoms in total. The summed E-state index contributed by atoms with van der Waals surface area (Å²) in [6.45, 7) is 9.32. The quantitative estimate of drug-likeness (QED) is 0.522. The molecule has 0 heteroatoms. The first-order valence-corrected chi connectivity index (χ1v) is 5.74. The van der Waals surface area contributed by atoms with Gasteiger partial charge in [0.2, 0.25) is 0 Å². The lowest BCUT2D eigenvalue weighted by atomic mass is 9.88. The zero-order chi connectivity index (χ0) is 9.40. The molecule has 0 bridgehead atoms. The van der Waals surface area contributed by atoms with E-state index >= 15 is 0 Å². The van der Waals surface area contributed by atoms with E-state index in [1.54, 1.807) is 0 Å². The van der Waals surface area contributed by atoms with Crippen molar-refractivity contribution in [3.63, 3.8) is 0 Å². The van der Waals surface area contributed by atoms with Gasteiger partial charge >= 0.3 is 0 Å². The van der Waals surface area contributed by atoms with Gasteiger partial charge in [-0.2, -0.15) is 0 Å². The number of hydrogen-bond donors (Lipinski definition) is 0. The van der Waals surface area contributed by atoms with Gasteiger partial charge in [0.15, 0.2) is 0 Å². The molecular formula is C12H26. The van der Waals surface area contributed by atoms with Crippen molar-refractivity contribution in [2.45, 2.75) is 66.2 Å². The molecule has 0 fully saturated rings. The summed E-state index contributed by atoms with van der Waals surface area (Å²) in [5.74, 6) is 1.95. The molecule has 0 N–H and O–H groups in total. The van der Waals surface area contributed by atoms with E-state index in [1.807, 2.05) is 0 Å². The fourth-order valence-corrected chi connectivity index (χ4v) is 2.08. The molecule has 0 radical (unpaired) electrons. The lowest BCUT2D eigenvalue weighted by molar-refractivity contribution is 0.343. The molecule has 0 aromatic heterocycles. The van der Waals surface area contributed by atoms with Crippen molar-refractivity contribution in [3.8, 4) is 0 Å². The largest absolute Gasteiger partial charge is 0.0654 e. The molecule has 0 saturated heterocycles. The maximum Gasteiger partial charge on any atom is -0.0414 e. The molecule has 12 heavy (non-hydrogen) atoms. The SMILES string of the molecule is CCCC(C)CC(CC)CCC. The van der Waals surface area contributed by atoms with Crippen LogP contribution in [0.4, 0.5) is 0 Å². The molecule has 0 aliphatic rings. The van der Waals surface area contributed by atoms with Gasteiger partial charge in [0.25, 0.3) is 0 Å². The Kier molecular flexibility index (Phi) is 7.64. The summed E-state index contributed by atoms with van der Waals surface area (Å²) in [5, 5.41) is 0. The Morgan fingerprint density at radius 2 is 1.50 bits per heavy atom. The average Bonchev–Trinajstić information content (AvgIpc) is 2.04. The highest BCUT2D eigenvalue weighted by atomic mass is 14.1. The molecule has 0 spiro atoms. The van der Waals surface area contributed by atoms with Crippen molar-refractivity contribution >= 4 is 0 Å². The predicted molar refractivity (Wildman–Crippen MR) is 57.4 cm³/mol. The molecule has 0 aliphatic heterocycles. The third-order valence-corrected chi connectivity index (χ3v) is 2.79. The maximum atomic E-state index is 2.40. The molecule has 0 heterocycles. The Bertz CT molecular complexity index is 86.0. The summed E-state index contributed by atoms with van der Waals surface area (Å²) in [4.78, 5) is 0. The topological polar surface area (TPSA) is 0 Å². The Morgan fingerprint density at radius 3 is 1.92 bits per heavy atom. The van der Waals surface area contributed by atoms with Gasteiger partial charge in [0.1, 0.15) is 0 Å². The Hall–Kier alpha value is 0. The normalized spacial score (nSPS) is 16.0. The van der Waals surface area contributed by atoms with Gasteiger partial charge in [-0.25, -0.2) is 0 Å². The van der Waals surface area contributed by atoms with Gasteiger partial charge in [0, 0.05) is 0 Å². The van der Waals surface area contributed by atoms with Gasteiger partial charge in [-0.05, 0) is 18.3 Å². The van der Waals surface area contributed by atoms with Crippen LogP contribution in [0.3, 0.4) is 0 Å². The predicted octanol–water partition coefficient (Wildman–Crippen LogP) is 4.64. The van der Waals surface area contributed by atoms with Gasteiger partial charge in [-0.1, -0.05) is 59.8 Å². The first kappa shape index (κ1) is 12.0. The minimum Gasteiger partial charge on any atom is -0.0654 e. The lowest BCUT2D eigenvalue weighted by Gasteiger charge is -2.18. The van der Waals surface area contributed by atoms with Crippen LogP contribution in [0.25, 0.3) is 0 Å². The molecule has 0 rings (SSSR count). The summed E-state index contributed by atoms with van der Waals surface area (Å²) in [6.07, 6.45) is 8.39. The summed E-state index contributed by atoms with van der Waals surface area (Å²) in [5.41, 5.74) is 0. The van der Waals surface area contributed by atoms with Crippen LogP contribution in [0.15, 0.2) is 0 Å². The van der Waals surface area contributed by atoms with E-state index in [1.165, 1.54) is 38.5 Å². The van der Waals surface area contributed by atoms with E-state index in [-0.39, 0.29) is 0 Å². The third kappa shape index (κ3) is 5.62. The van der Waals surface area contributed by atoms with Gasteiger partial charge in [-0.3, -0.25) is 0 Å². The monoisotopic (exact) mass is 170 g/mol. The van der Waals surface area contributed by atoms with Crippen molar-refractivity contribution < 1.29 is 0 Å². The smallest absolute Gasteiger partial charge is 0.0414 e. The van der Waals surface area contributed by atoms with Gasteiger partial charge in [0.05, 0.1) is 0 Å². The van der Waals surface area contributed by atoms with Crippen LogP contribution < -0.4 is 0 Å². The molecular weight excluding hydrogens is 144 g/mol. The lowest BCUT2D eigenvalue weighted by Crippen LogP contribution is -2.05. The van der Waals surface area contributed by atoms with Gasteiger partial charge < -0.3 is 0 Å². The standard InChI is InChI=1S/C12H26/c1-5-8-11(4)10-12(7-3)9-6-2/h11-12H,5-10H2,1-4H3. The highest BCUT2D eigenvalue weighted by Gasteiger charge is 2.09. The van der Waals surface area contributed by atoms with Crippen LogP contribution in [-0.2, 0) is 0 Å². The van der Waals surface area contributed by atoms with Crippen molar-refractivity contribution in [1.82, 2.24) is 0 Å². The van der Waals surface area contributed by atoms with E-state index in [0.717, 1.165) is 11.8 Å². The van der Waals surface area contributed by atoms with Crippen LogP contribution in [-0.4, -0.2) is 0 Å². The highest BCUT2D eigenvalue weighted by Crippen LogP contribution is 2.22. The summed E-state index contributed by atoms with van der Waals surface area (Å²) in [7, 11) is 0. The number of rotatable bonds is 7. The third-order valence-electron chi connectivity index (χ3n) is 2.79. The summed E-state index contributed by atoms with van der Waals surface area (Å²) < 4.78 is 0. The Labute approximate surface area is 78.8 Å². The van der Waals surface area contributed by atoms with E-state index in [4.69, 9.17) is 0 Å². The molecule has 2 unspecified atom stereocenters. The fourth-order valence-electron chi connectivity index (χ4n) is 2.08. The first-order chi connectivity index (χ1) is 5.74. The van der Waals surface area contributed by atoms with Gasteiger partial charge in [-0.15, -0.1) is 0 Å². The molecule has 0 aromatic carbocycles. The van der Waals surface area contributed by atoms with Crippen LogP contribution in [0.2, 0.25) is 0 Å². The summed E-state index contributed by atoms with van der Waals surface area (Å²) >= 11 is 0. The second-order valence-electron chi connectivity index (χ2n) is 4.19. The Morgan fingerprint density at radius 1 is 0.917 bits per heavy atom. The zero-order valence-electron chi connectivity index (χ0n) is 9.40. The first-order valence-electron chi connectivity index (χ1n) is 5.74. The second kappa shape index (κ2) is 7.64. The average molecular weight is 170 g/mol. The number of hydrogen-bond acceptors (Lipinski definition) is 0. The van der Waals surface area contributed by atoms with Crippen molar-refractivity contribution in [2.24, 2.45) is 11.8 Å². The minimum atomic E-state index is 0.950. The van der Waals surface area contributed by atoms with Crippen LogP contribution in [0.5, 0.6) is 0 Å². The van der Waals surface area contributed by atoms with Crippen LogP contribution in [0.1, 0.15) is 66.2 Å². The Balaban J connectivity index is 3.53. The molecule has 0 amide bonds. The van der Waals surface area contributed by atoms with E-state index < -0.39 is 0 Å². The van der Waals surface area contributed by atoms with Crippen LogP contribution in [0, 0.1) is 11.8 Å². The second-order valence-corrected chi connectivity index (χ2v) is 4.19. The van der Waals surface area contributed by atoms with Crippen molar-refractivity contribution in [3.05, 3.63) is 0 Å². The molecule has 2 atom stereocenters. The zero-order valence-corrected chi connectivity index (χ0v) is 9.40. The molecule has 0 aromatic rings. The fraction of sp³-hybridized carbons (Fsp3) is 1.00. The molecule has 74 valence electrons. The summed E-state index contributed by atoms with van der Waals surface area (Å²) in [6, 6.07) is 0. The minimum absolute atomic E-state index is 0.950. The maximum absolute atomic E-state index is 2.40. The van der Waals surface area contributed by atoms with Crippen molar-refractivity contribution in [2.75, 3.05) is 0 Å². The molecule has 0 aliphatic carbocycles. The van der Waals surface area contributed by atoms with E-state index in [2.05, 4.69) is 27.7 Å².